The fourth-order valence-electron chi connectivity index (χ4n) is 2.79. The lowest BCUT2D eigenvalue weighted by molar-refractivity contribution is -0.142. The lowest BCUT2D eigenvalue weighted by Crippen LogP contribution is -2.29. The molecule has 1 aliphatic rings. The molecule has 2 aromatic rings. The molecule has 7 heteroatoms. The SMILES string of the molecule is COc1ccc(-c2nnc(NC3CCC(C(=O)O)CC3)s2)cc1. The molecule has 0 amide bonds. The van der Waals surface area contributed by atoms with Gasteiger partial charge in [0.25, 0.3) is 0 Å². The van der Waals surface area contributed by atoms with E-state index in [1.54, 1.807) is 7.11 Å². The van der Waals surface area contributed by atoms with Crippen LogP contribution in [0.5, 0.6) is 5.75 Å². The first-order chi connectivity index (χ1) is 11.2. The van der Waals surface area contributed by atoms with E-state index in [1.807, 2.05) is 24.3 Å². The number of rotatable bonds is 5. The van der Waals surface area contributed by atoms with Crippen LogP contribution >= 0.6 is 11.3 Å². The number of aliphatic carboxylic acids is 1. The third-order valence-corrected chi connectivity index (χ3v) is 5.07. The molecule has 2 N–H and O–H groups in total. The molecule has 122 valence electrons. The molecule has 0 radical (unpaired) electrons. The van der Waals surface area contributed by atoms with E-state index >= 15 is 0 Å². The van der Waals surface area contributed by atoms with Crippen LogP contribution in [-0.2, 0) is 4.79 Å². The highest BCUT2D eigenvalue weighted by Crippen LogP contribution is 2.31. The summed E-state index contributed by atoms with van der Waals surface area (Å²) in [5, 5.41) is 22.5. The van der Waals surface area contributed by atoms with Crippen molar-refractivity contribution in [1.82, 2.24) is 10.2 Å². The molecule has 0 saturated heterocycles. The van der Waals surface area contributed by atoms with Crippen LogP contribution in [0.1, 0.15) is 25.7 Å². The van der Waals surface area contributed by atoms with Gasteiger partial charge in [-0.3, -0.25) is 4.79 Å². The van der Waals surface area contributed by atoms with Gasteiger partial charge >= 0.3 is 5.97 Å². The van der Waals surface area contributed by atoms with Gasteiger partial charge in [-0.05, 0) is 49.9 Å². The van der Waals surface area contributed by atoms with E-state index in [1.165, 1.54) is 11.3 Å². The van der Waals surface area contributed by atoms with Gasteiger partial charge < -0.3 is 15.2 Å². The van der Waals surface area contributed by atoms with E-state index in [0.717, 1.165) is 47.1 Å². The van der Waals surface area contributed by atoms with Crippen LogP contribution in [0.25, 0.3) is 10.6 Å². The van der Waals surface area contributed by atoms with E-state index < -0.39 is 5.97 Å². The van der Waals surface area contributed by atoms with Crippen molar-refractivity contribution in [3.8, 4) is 16.3 Å². The first-order valence-corrected chi connectivity index (χ1v) is 8.44. The summed E-state index contributed by atoms with van der Waals surface area (Å²) in [5.74, 6) is -0.0645. The standard InChI is InChI=1S/C16H19N3O3S/c1-22-13-8-4-10(5-9-13)14-18-19-16(23-14)17-12-6-2-11(3-7-12)15(20)21/h4-5,8-9,11-12H,2-3,6-7H2,1H3,(H,17,19)(H,20,21). The Morgan fingerprint density at radius 2 is 1.91 bits per heavy atom. The highest BCUT2D eigenvalue weighted by atomic mass is 32.1. The molecule has 1 fully saturated rings. The smallest absolute Gasteiger partial charge is 0.306 e. The fourth-order valence-corrected chi connectivity index (χ4v) is 3.62. The molecule has 1 aromatic heterocycles. The second-order valence-electron chi connectivity index (χ2n) is 5.67. The average molecular weight is 333 g/mol. The number of nitrogens with zero attached hydrogens (tertiary/aromatic N) is 2. The van der Waals surface area contributed by atoms with Gasteiger partial charge in [-0.2, -0.15) is 0 Å². The monoisotopic (exact) mass is 333 g/mol. The number of hydrogen-bond acceptors (Lipinski definition) is 6. The Morgan fingerprint density at radius 1 is 1.22 bits per heavy atom. The number of hydrogen-bond donors (Lipinski definition) is 2. The second kappa shape index (κ2) is 6.95. The zero-order chi connectivity index (χ0) is 16.2. The maximum Gasteiger partial charge on any atom is 0.306 e. The van der Waals surface area contributed by atoms with Crippen molar-refractivity contribution in [3.63, 3.8) is 0 Å². The van der Waals surface area contributed by atoms with Crippen LogP contribution in [0.4, 0.5) is 5.13 Å². The Balaban J connectivity index is 1.60. The number of methoxy groups -OCH3 is 1. The molecular weight excluding hydrogens is 314 g/mol. The minimum atomic E-state index is -0.679. The molecular formula is C16H19N3O3S. The number of anilines is 1. The minimum absolute atomic E-state index is 0.197. The lowest BCUT2D eigenvalue weighted by Gasteiger charge is -2.26. The van der Waals surface area contributed by atoms with E-state index in [-0.39, 0.29) is 12.0 Å². The Labute approximate surface area is 138 Å². The average Bonchev–Trinajstić information content (AvgIpc) is 3.04. The van der Waals surface area contributed by atoms with Gasteiger partial charge in [0.1, 0.15) is 10.8 Å². The second-order valence-corrected chi connectivity index (χ2v) is 6.65. The molecule has 0 unspecified atom stereocenters. The van der Waals surface area contributed by atoms with Crippen molar-refractivity contribution in [1.29, 1.82) is 0 Å². The van der Waals surface area contributed by atoms with Gasteiger partial charge in [-0.25, -0.2) is 0 Å². The van der Waals surface area contributed by atoms with Gasteiger partial charge in [-0.15, -0.1) is 10.2 Å². The van der Waals surface area contributed by atoms with E-state index in [2.05, 4.69) is 15.5 Å². The molecule has 0 spiro atoms. The molecule has 6 nitrogen and oxygen atoms in total. The largest absolute Gasteiger partial charge is 0.497 e. The van der Waals surface area contributed by atoms with E-state index in [0.29, 0.717) is 0 Å². The first-order valence-electron chi connectivity index (χ1n) is 7.63. The van der Waals surface area contributed by atoms with Gasteiger partial charge in [-0.1, -0.05) is 11.3 Å². The Bertz CT molecular complexity index is 663. The van der Waals surface area contributed by atoms with Crippen LogP contribution in [0.3, 0.4) is 0 Å². The number of ether oxygens (including phenoxy) is 1. The molecule has 1 saturated carbocycles. The topological polar surface area (TPSA) is 84.3 Å². The summed E-state index contributed by atoms with van der Waals surface area (Å²) in [6.45, 7) is 0. The highest BCUT2D eigenvalue weighted by molar-refractivity contribution is 7.18. The summed E-state index contributed by atoms with van der Waals surface area (Å²) in [6.07, 6.45) is 3.15. The van der Waals surface area contributed by atoms with Crippen LogP contribution in [-0.4, -0.2) is 34.4 Å². The first kappa shape index (κ1) is 15.7. The van der Waals surface area contributed by atoms with Crippen LogP contribution in [0, 0.1) is 5.92 Å². The number of nitrogens with one attached hydrogen (secondary N) is 1. The molecule has 0 aliphatic heterocycles. The Hall–Kier alpha value is -2.15. The highest BCUT2D eigenvalue weighted by Gasteiger charge is 2.26. The van der Waals surface area contributed by atoms with Gasteiger partial charge in [0.15, 0.2) is 0 Å². The van der Waals surface area contributed by atoms with Gasteiger partial charge in [0.05, 0.1) is 13.0 Å². The van der Waals surface area contributed by atoms with Crippen LogP contribution in [0.15, 0.2) is 24.3 Å². The summed E-state index contributed by atoms with van der Waals surface area (Å²) >= 11 is 1.51. The van der Waals surface area contributed by atoms with E-state index in [9.17, 15) is 4.79 Å². The Morgan fingerprint density at radius 3 is 2.52 bits per heavy atom. The van der Waals surface area contributed by atoms with Gasteiger partial charge in [0.2, 0.25) is 5.13 Å². The van der Waals surface area contributed by atoms with Crippen LogP contribution < -0.4 is 10.1 Å². The maximum absolute atomic E-state index is 11.0. The minimum Gasteiger partial charge on any atom is -0.497 e. The number of carboxylic acids is 1. The predicted molar refractivity (Wildman–Crippen MR) is 88.9 cm³/mol. The molecule has 23 heavy (non-hydrogen) atoms. The molecule has 0 bridgehead atoms. The number of benzene rings is 1. The van der Waals surface area contributed by atoms with E-state index in [4.69, 9.17) is 9.84 Å². The van der Waals surface area contributed by atoms with Crippen molar-refractivity contribution in [2.75, 3.05) is 12.4 Å². The third kappa shape index (κ3) is 3.79. The number of carboxylic acid groups (broad SMARTS) is 1. The predicted octanol–water partition coefficient (Wildman–Crippen LogP) is 3.27. The lowest BCUT2D eigenvalue weighted by atomic mass is 9.86. The molecule has 1 heterocycles. The molecule has 3 rings (SSSR count). The van der Waals surface area contributed by atoms with Crippen molar-refractivity contribution in [3.05, 3.63) is 24.3 Å². The van der Waals surface area contributed by atoms with Crippen molar-refractivity contribution in [2.45, 2.75) is 31.7 Å². The summed E-state index contributed by atoms with van der Waals surface area (Å²) in [6, 6.07) is 8.00. The fraction of sp³-hybridized carbons (Fsp3) is 0.438. The molecule has 1 aromatic carbocycles. The summed E-state index contributed by atoms with van der Waals surface area (Å²) < 4.78 is 5.15. The number of aromatic nitrogens is 2. The zero-order valence-corrected chi connectivity index (χ0v) is 13.7. The zero-order valence-electron chi connectivity index (χ0n) is 12.9. The van der Waals surface area contributed by atoms with Gasteiger partial charge in [0, 0.05) is 11.6 Å². The molecule has 1 aliphatic carbocycles. The quantitative estimate of drug-likeness (QED) is 0.873. The van der Waals surface area contributed by atoms with Crippen molar-refractivity contribution in [2.24, 2.45) is 5.92 Å². The summed E-state index contributed by atoms with van der Waals surface area (Å²) in [7, 11) is 1.64. The third-order valence-electron chi connectivity index (χ3n) is 4.17. The van der Waals surface area contributed by atoms with Crippen molar-refractivity contribution < 1.29 is 14.6 Å². The van der Waals surface area contributed by atoms with Crippen LogP contribution in [0.2, 0.25) is 0 Å². The normalized spacial score (nSPS) is 20.9. The van der Waals surface area contributed by atoms with Crippen molar-refractivity contribution >= 4 is 22.4 Å². The maximum atomic E-state index is 11.0. The summed E-state index contributed by atoms with van der Waals surface area (Å²) in [4.78, 5) is 11.0. The summed E-state index contributed by atoms with van der Waals surface area (Å²) in [5.41, 5.74) is 1.01. The number of carbonyl (C=O) groups is 1. The Kier molecular flexibility index (Phi) is 4.76. The molecule has 0 atom stereocenters.